The minimum absolute atomic E-state index is 0.0434. The van der Waals surface area contributed by atoms with Crippen molar-refractivity contribution in [1.82, 2.24) is 9.88 Å². The van der Waals surface area contributed by atoms with E-state index in [0.29, 0.717) is 6.10 Å². The fraction of sp³-hybridized carbons (Fsp3) is 0.750. The smallest absolute Gasteiger partial charge is 0.109 e. The molecule has 1 aromatic rings. The zero-order chi connectivity index (χ0) is 12.3. The van der Waals surface area contributed by atoms with Crippen LogP contribution in [-0.2, 0) is 11.3 Å². The van der Waals surface area contributed by atoms with Crippen LogP contribution in [0.3, 0.4) is 0 Å². The lowest BCUT2D eigenvalue weighted by Gasteiger charge is -2.31. The summed E-state index contributed by atoms with van der Waals surface area (Å²) in [6.45, 7) is 5.06. The summed E-state index contributed by atoms with van der Waals surface area (Å²) < 4.78 is 5.42. The third-order valence-corrected chi connectivity index (χ3v) is 4.23. The van der Waals surface area contributed by atoms with E-state index >= 15 is 0 Å². The number of ether oxygens (including phenoxy) is 1. The lowest BCUT2D eigenvalue weighted by atomic mass is 10.1. The molecule has 2 N–H and O–H groups in total. The minimum Gasteiger partial charge on any atom is -0.380 e. The molecular formula is C12H21N3OS. The summed E-state index contributed by atoms with van der Waals surface area (Å²) in [5.41, 5.74) is 6.96. The van der Waals surface area contributed by atoms with E-state index in [1.54, 1.807) is 18.4 Å². The van der Waals surface area contributed by atoms with Gasteiger partial charge in [0.15, 0.2) is 0 Å². The van der Waals surface area contributed by atoms with Crippen molar-refractivity contribution in [2.75, 3.05) is 20.2 Å². The average Bonchev–Trinajstić information content (AvgIpc) is 2.78. The van der Waals surface area contributed by atoms with Crippen molar-refractivity contribution in [2.45, 2.75) is 38.5 Å². The van der Waals surface area contributed by atoms with Crippen molar-refractivity contribution >= 4 is 11.3 Å². The SMILES string of the molecule is COC1CCCN(Cc2csc(C(C)N)n2)C1. The molecule has 2 rings (SSSR count). The van der Waals surface area contributed by atoms with E-state index in [2.05, 4.69) is 15.3 Å². The highest BCUT2D eigenvalue weighted by Crippen LogP contribution is 2.19. The van der Waals surface area contributed by atoms with Gasteiger partial charge in [-0.3, -0.25) is 4.90 Å². The highest BCUT2D eigenvalue weighted by Gasteiger charge is 2.20. The van der Waals surface area contributed by atoms with Gasteiger partial charge in [-0.05, 0) is 26.3 Å². The molecule has 4 nitrogen and oxygen atoms in total. The number of aromatic nitrogens is 1. The molecule has 0 radical (unpaired) electrons. The van der Waals surface area contributed by atoms with Crippen LogP contribution in [0.25, 0.3) is 0 Å². The van der Waals surface area contributed by atoms with Gasteiger partial charge in [0.1, 0.15) is 5.01 Å². The Hall–Kier alpha value is -0.490. The topological polar surface area (TPSA) is 51.4 Å². The van der Waals surface area contributed by atoms with Gasteiger partial charge in [0.2, 0.25) is 0 Å². The number of hydrogen-bond acceptors (Lipinski definition) is 5. The van der Waals surface area contributed by atoms with Crippen molar-refractivity contribution in [1.29, 1.82) is 0 Å². The molecule has 2 heterocycles. The van der Waals surface area contributed by atoms with E-state index in [9.17, 15) is 0 Å². The van der Waals surface area contributed by atoms with Crippen molar-refractivity contribution in [3.8, 4) is 0 Å². The van der Waals surface area contributed by atoms with E-state index in [-0.39, 0.29) is 6.04 Å². The van der Waals surface area contributed by atoms with E-state index in [4.69, 9.17) is 10.5 Å². The van der Waals surface area contributed by atoms with Crippen molar-refractivity contribution < 1.29 is 4.74 Å². The van der Waals surface area contributed by atoms with Crippen LogP contribution in [-0.4, -0.2) is 36.2 Å². The van der Waals surface area contributed by atoms with Crippen LogP contribution in [0.15, 0.2) is 5.38 Å². The number of methoxy groups -OCH3 is 1. The molecule has 1 aliphatic heterocycles. The third-order valence-electron chi connectivity index (χ3n) is 3.14. The molecule has 2 unspecified atom stereocenters. The Morgan fingerprint density at radius 1 is 1.71 bits per heavy atom. The molecule has 1 aliphatic rings. The maximum absolute atomic E-state index is 5.82. The second-order valence-electron chi connectivity index (χ2n) is 4.70. The highest BCUT2D eigenvalue weighted by atomic mass is 32.1. The predicted molar refractivity (Wildman–Crippen MR) is 70.0 cm³/mol. The highest BCUT2D eigenvalue weighted by molar-refractivity contribution is 7.09. The molecule has 1 saturated heterocycles. The third kappa shape index (κ3) is 3.48. The van der Waals surface area contributed by atoms with Crippen LogP contribution in [0, 0.1) is 0 Å². The molecule has 5 heteroatoms. The Morgan fingerprint density at radius 2 is 2.53 bits per heavy atom. The summed E-state index contributed by atoms with van der Waals surface area (Å²) in [7, 11) is 1.80. The number of hydrogen-bond donors (Lipinski definition) is 1. The van der Waals surface area contributed by atoms with Crippen LogP contribution in [0.1, 0.15) is 36.5 Å². The first-order chi connectivity index (χ1) is 8.19. The molecule has 0 bridgehead atoms. The summed E-state index contributed by atoms with van der Waals surface area (Å²) in [5.74, 6) is 0. The van der Waals surface area contributed by atoms with Crippen LogP contribution < -0.4 is 5.73 Å². The van der Waals surface area contributed by atoms with E-state index in [1.807, 2.05) is 6.92 Å². The van der Waals surface area contributed by atoms with Gasteiger partial charge in [-0.2, -0.15) is 0 Å². The van der Waals surface area contributed by atoms with Gasteiger partial charge in [0.05, 0.1) is 17.8 Å². The first kappa shape index (κ1) is 13.0. The van der Waals surface area contributed by atoms with Gasteiger partial charge in [-0.25, -0.2) is 4.98 Å². The standard InChI is InChI=1S/C12H21N3OS/c1-9(13)12-14-10(8-17-12)6-15-5-3-4-11(7-15)16-2/h8-9,11H,3-7,13H2,1-2H3. The summed E-state index contributed by atoms with van der Waals surface area (Å²) in [6, 6.07) is 0.0434. The van der Waals surface area contributed by atoms with Gasteiger partial charge in [-0.15, -0.1) is 11.3 Å². The quantitative estimate of drug-likeness (QED) is 0.891. The molecule has 1 aromatic heterocycles. The van der Waals surface area contributed by atoms with Crippen LogP contribution in [0.2, 0.25) is 0 Å². The van der Waals surface area contributed by atoms with Gasteiger partial charge in [0, 0.05) is 25.6 Å². The van der Waals surface area contributed by atoms with Crippen molar-refractivity contribution in [3.05, 3.63) is 16.1 Å². The summed E-state index contributed by atoms with van der Waals surface area (Å²) in [6.07, 6.45) is 2.77. The zero-order valence-electron chi connectivity index (χ0n) is 10.6. The van der Waals surface area contributed by atoms with Crippen LogP contribution >= 0.6 is 11.3 Å². The Bertz CT molecular complexity index is 353. The van der Waals surface area contributed by atoms with Crippen molar-refractivity contribution in [2.24, 2.45) is 5.73 Å². The summed E-state index contributed by atoms with van der Waals surface area (Å²) in [4.78, 5) is 6.98. The van der Waals surface area contributed by atoms with Crippen LogP contribution in [0.5, 0.6) is 0 Å². The molecule has 0 spiro atoms. The van der Waals surface area contributed by atoms with Crippen molar-refractivity contribution in [3.63, 3.8) is 0 Å². The fourth-order valence-electron chi connectivity index (χ4n) is 2.18. The molecule has 17 heavy (non-hydrogen) atoms. The monoisotopic (exact) mass is 255 g/mol. The maximum atomic E-state index is 5.82. The van der Waals surface area contributed by atoms with Gasteiger partial charge < -0.3 is 10.5 Å². The van der Waals surface area contributed by atoms with Gasteiger partial charge >= 0.3 is 0 Å². The Kier molecular flexibility index (Phi) is 4.50. The number of likely N-dealkylation sites (tertiary alicyclic amines) is 1. The fourth-order valence-corrected chi connectivity index (χ4v) is 2.95. The predicted octanol–water partition coefficient (Wildman–Crippen LogP) is 1.77. The Morgan fingerprint density at radius 3 is 3.18 bits per heavy atom. The molecule has 1 fully saturated rings. The molecule has 0 aromatic carbocycles. The first-order valence-corrected chi connectivity index (χ1v) is 7.02. The number of rotatable bonds is 4. The number of nitrogens with zero attached hydrogens (tertiary/aromatic N) is 2. The molecule has 2 atom stereocenters. The summed E-state index contributed by atoms with van der Waals surface area (Å²) in [5, 5.41) is 3.15. The molecule has 0 aliphatic carbocycles. The van der Waals surface area contributed by atoms with E-state index in [0.717, 1.165) is 30.3 Å². The lowest BCUT2D eigenvalue weighted by molar-refractivity contribution is 0.0282. The average molecular weight is 255 g/mol. The molecule has 0 saturated carbocycles. The van der Waals surface area contributed by atoms with E-state index in [1.165, 1.54) is 12.8 Å². The summed E-state index contributed by atoms with van der Waals surface area (Å²) >= 11 is 1.66. The molecule has 0 amide bonds. The molecule has 96 valence electrons. The molecular weight excluding hydrogens is 234 g/mol. The Labute approximate surface area is 107 Å². The minimum atomic E-state index is 0.0434. The lowest BCUT2D eigenvalue weighted by Crippen LogP contribution is -2.38. The zero-order valence-corrected chi connectivity index (χ0v) is 11.4. The maximum Gasteiger partial charge on any atom is 0.109 e. The van der Waals surface area contributed by atoms with Crippen LogP contribution in [0.4, 0.5) is 0 Å². The number of piperidine rings is 1. The largest absolute Gasteiger partial charge is 0.380 e. The first-order valence-electron chi connectivity index (χ1n) is 6.14. The normalized spacial score (nSPS) is 23.8. The Balaban J connectivity index is 1.91. The van der Waals surface area contributed by atoms with Gasteiger partial charge in [-0.1, -0.05) is 0 Å². The second kappa shape index (κ2) is 5.91. The van der Waals surface area contributed by atoms with Gasteiger partial charge in [0.25, 0.3) is 0 Å². The van der Waals surface area contributed by atoms with E-state index < -0.39 is 0 Å². The number of nitrogens with two attached hydrogens (primary N) is 1. The number of thiazole rings is 1. The second-order valence-corrected chi connectivity index (χ2v) is 5.59.